The molecule has 0 heterocycles. The molecule has 1 aromatic carbocycles. The van der Waals surface area contributed by atoms with E-state index in [1.165, 1.54) is 0 Å². The van der Waals surface area contributed by atoms with Gasteiger partial charge in [0, 0.05) is 5.92 Å². The fraction of sp³-hybridized carbons (Fsp3) is 0.500. The SMILES string of the molecule is COc1ccc(CC(C(N)=O)C(C)(C)C)cc1. The number of ether oxygens (including phenoxy) is 1. The van der Waals surface area contributed by atoms with Crippen LogP contribution in [0.5, 0.6) is 5.75 Å². The smallest absolute Gasteiger partial charge is 0.221 e. The molecule has 0 aliphatic carbocycles. The lowest BCUT2D eigenvalue weighted by atomic mass is 9.77. The first-order valence-corrected chi connectivity index (χ1v) is 5.77. The molecule has 3 nitrogen and oxygen atoms in total. The van der Waals surface area contributed by atoms with E-state index in [4.69, 9.17) is 10.5 Å². The summed E-state index contributed by atoms with van der Waals surface area (Å²) in [5.74, 6) is 0.421. The highest BCUT2D eigenvalue weighted by molar-refractivity contribution is 5.77. The predicted molar refractivity (Wildman–Crippen MR) is 68.8 cm³/mol. The lowest BCUT2D eigenvalue weighted by Gasteiger charge is -2.28. The van der Waals surface area contributed by atoms with Crippen molar-refractivity contribution in [2.24, 2.45) is 17.1 Å². The number of hydrogen-bond donors (Lipinski definition) is 1. The van der Waals surface area contributed by atoms with Gasteiger partial charge < -0.3 is 10.5 Å². The van der Waals surface area contributed by atoms with Crippen LogP contribution in [0.4, 0.5) is 0 Å². The minimum atomic E-state index is -0.242. The second-order valence-electron chi connectivity index (χ2n) is 5.37. The van der Waals surface area contributed by atoms with Crippen LogP contribution in [0.1, 0.15) is 26.3 Å². The van der Waals surface area contributed by atoms with Gasteiger partial charge in [0.15, 0.2) is 0 Å². The molecule has 1 unspecified atom stereocenters. The molecule has 3 heteroatoms. The van der Waals surface area contributed by atoms with Crippen LogP contribution in [-0.2, 0) is 11.2 Å². The van der Waals surface area contributed by atoms with E-state index in [2.05, 4.69) is 0 Å². The number of carbonyl (C=O) groups is 1. The molecule has 1 atom stereocenters. The monoisotopic (exact) mass is 235 g/mol. The molecule has 17 heavy (non-hydrogen) atoms. The van der Waals surface area contributed by atoms with Gasteiger partial charge in [0.2, 0.25) is 5.91 Å². The van der Waals surface area contributed by atoms with Gasteiger partial charge in [-0.25, -0.2) is 0 Å². The van der Waals surface area contributed by atoms with Crippen molar-refractivity contribution in [2.45, 2.75) is 27.2 Å². The second kappa shape index (κ2) is 5.21. The van der Waals surface area contributed by atoms with Crippen LogP contribution >= 0.6 is 0 Å². The van der Waals surface area contributed by atoms with E-state index < -0.39 is 0 Å². The summed E-state index contributed by atoms with van der Waals surface area (Å²) in [6, 6.07) is 7.74. The van der Waals surface area contributed by atoms with E-state index in [-0.39, 0.29) is 17.2 Å². The van der Waals surface area contributed by atoms with Crippen molar-refractivity contribution in [1.29, 1.82) is 0 Å². The van der Waals surface area contributed by atoms with Crippen LogP contribution in [0.15, 0.2) is 24.3 Å². The van der Waals surface area contributed by atoms with Crippen LogP contribution < -0.4 is 10.5 Å². The van der Waals surface area contributed by atoms with Crippen molar-refractivity contribution in [2.75, 3.05) is 7.11 Å². The number of carbonyl (C=O) groups excluding carboxylic acids is 1. The quantitative estimate of drug-likeness (QED) is 0.871. The summed E-state index contributed by atoms with van der Waals surface area (Å²) in [4.78, 5) is 11.5. The van der Waals surface area contributed by atoms with Crippen LogP contribution in [0.3, 0.4) is 0 Å². The molecule has 1 aromatic rings. The van der Waals surface area contributed by atoms with Gasteiger partial charge in [-0.2, -0.15) is 0 Å². The van der Waals surface area contributed by atoms with E-state index in [1.807, 2.05) is 45.0 Å². The van der Waals surface area contributed by atoms with Crippen molar-refractivity contribution >= 4 is 5.91 Å². The van der Waals surface area contributed by atoms with Crippen molar-refractivity contribution in [3.05, 3.63) is 29.8 Å². The Morgan fingerprint density at radius 3 is 2.18 bits per heavy atom. The number of hydrogen-bond acceptors (Lipinski definition) is 2. The summed E-state index contributed by atoms with van der Waals surface area (Å²) in [5, 5.41) is 0. The molecule has 94 valence electrons. The van der Waals surface area contributed by atoms with Gasteiger partial charge >= 0.3 is 0 Å². The summed E-state index contributed by atoms with van der Waals surface area (Å²) >= 11 is 0. The Bertz CT molecular complexity index is 376. The van der Waals surface area contributed by atoms with E-state index in [0.717, 1.165) is 11.3 Å². The van der Waals surface area contributed by atoms with E-state index in [9.17, 15) is 4.79 Å². The van der Waals surface area contributed by atoms with Gasteiger partial charge in [-0.15, -0.1) is 0 Å². The van der Waals surface area contributed by atoms with Gasteiger partial charge in [-0.1, -0.05) is 32.9 Å². The summed E-state index contributed by atoms with van der Waals surface area (Å²) in [7, 11) is 1.64. The number of amides is 1. The third-order valence-electron chi connectivity index (χ3n) is 2.99. The number of nitrogens with two attached hydrogens (primary N) is 1. The summed E-state index contributed by atoms with van der Waals surface area (Å²) < 4.78 is 5.10. The zero-order chi connectivity index (χ0) is 13.1. The zero-order valence-electron chi connectivity index (χ0n) is 11.0. The van der Waals surface area contributed by atoms with Crippen molar-refractivity contribution in [3.8, 4) is 5.75 Å². The Morgan fingerprint density at radius 1 is 1.29 bits per heavy atom. The fourth-order valence-electron chi connectivity index (χ4n) is 1.83. The molecule has 0 bridgehead atoms. The second-order valence-corrected chi connectivity index (χ2v) is 5.37. The van der Waals surface area contributed by atoms with Crippen LogP contribution in [-0.4, -0.2) is 13.0 Å². The van der Waals surface area contributed by atoms with Crippen LogP contribution in [0.2, 0.25) is 0 Å². The average Bonchev–Trinajstić information content (AvgIpc) is 2.24. The van der Waals surface area contributed by atoms with Crippen LogP contribution in [0.25, 0.3) is 0 Å². The zero-order valence-corrected chi connectivity index (χ0v) is 11.0. The molecular formula is C14H21NO2. The van der Waals surface area contributed by atoms with E-state index >= 15 is 0 Å². The van der Waals surface area contributed by atoms with Gasteiger partial charge in [-0.3, -0.25) is 4.79 Å². The Labute approximate surface area is 103 Å². The maximum Gasteiger partial charge on any atom is 0.221 e. The lowest BCUT2D eigenvalue weighted by Crippen LogP contribution is -2.35. The summed E-state index contributed by atoms with van der Waals surface area (Å²) in [6.45, 7) is 6.10. The van der Waals surface area contributed by atoms with Crippen LogP contribution in [0, 0.1) is 11.3 Å². The Kier molecular flexibility index (Phi) is 4.16. The Hall–Kier alpha value is -1.51. The minimum Gasteiger partial charge on any atom is -0.497 e. The van der Waals surface area contributed by atoms with Gasteiger partial charge in [-0.05, 0) is 29.5 Å². The standard InChI is InChI=1S/C14H21NO2/c1-14(2,3)12(13(15)16)9-10-5-7-11(17-4)8-6-10/h5-8,12H,9H2,1-4H3,(H2,15,16). The summed E-state index contributed by atoms with van der Waals surface area (Å²) in [6.07, 6.45) is 0.669. The third kappa shape index (κ3) is 3.77. The minimum absolute atomic E-state index is 0.119. The molecule has 2 N–H and O–H groups in total. The molecular weight excluding hydrogens is 214 g/mol. The molecule has 0 radical (unpaired) electrons. The molecule has 0 aromatic heterocycles. The van der Waals surface area contributed by atoms with Gasteiger partial charge in [0.05, 0.1) is 7.11 Å². The number of methoxy groups -OCH3 is 1. The first kappa shape index (κ1) is 13.6. The highest BCUT2D eigenvalue weighted by Crippen LogP contribution is 2.29. The number of primary amides is 1. The molecule has 1 amide bonds. The fourth-order valence-corrected chi connectivity index (χ4v) is 1.83. The third-order valence-corrected chi connectivity index (χ3v) is 2.99. The Morgan fingerprint density at radius 2 is 1.82 bits per heavy atom. The molecule has 0 aliphatic heterocycles. The number of benzene rings is 1. The molecule has 0 aliphatic rings. The predicted octanol–water partition coefficient (Wildman–Crippen LogP) is 2.39. The first-order valence-electron chi connectivity index (χ1n) is 5.77. The maximum absolute atomic E-state index is 11.5. The normalized spacial score (nSPS) is 13.2. The topological polar surface area (TPSA) is 52.3 Å². The first-order chi connectivity index (χ1) is 7.84. The number of rotatable bonds is 4. The molecule has 0 saturated carbocycles. The highest BCUT2D eigenvalue weighted by Gasteiger charge is 2.29. The molecule has 0 saturated heterocycles. The van der Waals surface area contributed by atoms with Gasteiger partial charge in [0.25, 0.3) is 0 Å². The average molecular weight is 235 g/mol. The molecule has 1 rings (SSSR count). The van der Waals surface area contributed by atoms with E-state index in [0.29, 0.717) is 6.42 Å². The largest absolute Gasteiger partial charge is 0.497 e. The summed E-state index contributed by atoms with van der Waals surface area (Å²) in [5.41, 5.74) is 6.45. The van der Waals surface area contributed by atoms with Gasteiger partial charge in [0.1, 0.15) is 5.75 Å². The highest BCUT2D eigenvalue weighted by atomic mass is 16.5. The Balaban J connectivity index is 2.83. The molecule has 0 spiro atoms. The van der Waals surface area contributed by atoms with Crippen molar-refractivity contribution in [3.63, 3.8) is 0 Å². The van der Waals surface area contributed by atoms with Crippen molar-refractivity contribution < 1.29 is 9.53 Å². The van der Waals surface area contributed by atoms with E-state index in [1.54, 1.807) is 7.11 Å². The molecule has 0 fully saturated rings. The lowest BCUT2D eigenvalue weighted by molar-refractivity contribution is -0.124. The maximum atomic E-state index is 11.5. The van der Waals surface area contributed by atoms with Crippen molar-refractivity contribution in [1.82, 2.24) is 0 Å².